The van der Waals surface area contributed by atoms with E-state index in [1.165, 1.54) is 3.71 Å². The van der Waals surface area contributed by atoms with Crippen LogP contribution in [0.5, 0.6) is 0 Å². The number of nitrogens with one attached hydrogen (secondary N) is 1. The number of aromatic amines is 1. The molecule has 2 aromatic rings. The molecule has 14 heavy (non-hydrogen) atoms. The normalized spacial score (nSPS) is 12.3. The third-order valence-corrected chi connectivity index (χ3v) is 7.53. The molecule has 0 aliphatic carbocycles. The number of pyridine rings is 1. The predicted molar refractivity (Wildman–Crippen MR) is 61.6 cm³/mol. The number of aryl methyl sites for hydroxylation is 1. The minimum absolute atomic E-state index is 0.998. The third-order valence-electron chi connectivity index (χ3n) is 2.35. The average molecular weight is 296 g/mol. The molecule has 3 nitrogen and oxygen atoms in total. The van der Waals surface area contributed by atoms with Crippen molar-refractivity contribution in [2.45, 2.75) is 21.7 Å². The van der Waals surface area contributed by atoms with E-state index in [9.17, 15) is 0 Å². The second-order valence-electron chi connectivity index (χ2n) is 4.65. The Morgan fingerprint density at radius 1 is 1.21 bits per heavy atom. The first-order valence-electron chi connectivity index (χ1n) is 4.81. The van der Waals surface area contributed by atoms with Crippen LogP contribution in [0, 0.1) is 6.92 Å². The maximum atomic E-state index is 4.71. The van der Waals surface area contributed by atoms with Crippen LogP contribution in [0.3, 0.4) is 0 Å². The van der Waals surface area contributed by atoms with Gasteiger partial charge in [0, 0.05) is 0 Å². The fourth-order valence-corrected chi connectivity index (χ4v) is 4.38. The summed E-state index contributed by atoms with van der Waals surface area (Å²) in [5.41, 5.74) is 3.08. The first-order chi connectivity index (χ1) is 6.48. The van der Waals surface area contributed by atoms with Gasteiger partial charge in [0.05, 0.1) is 0 Å². The molecule has 0 aliphatic rings. The summed E-state index contributed by atoms with van der Waals surface area (Å²) in [6, 6.07) is 4.25. The number of hydrogen-bond donors (Lipinski definition) is 1. The van der Waals surface area contributed by atoms with Crippen molar-refractivity contribution in [2.24, 2.45) is 0 Å². The quantitative estimate of drug-likeness (QED) is 0.815. The topological polar surface area (TPSA) is 41.6 Å². The molecule has 1 N–H and O–H groups in total. The maximum absolute atomic E-state index is 4.71. The van der Waals surface area contributed by atoms with Gasteiger partial charge in [0.2, 0.25) is 0 Å². The van der Waals surface area contributed by atoms with Gasteiger partial charge in [0.15, 0.2) is 0 Å². The Hall–Kier alpha value is -0.581. The zero-order valence-electron chi connectivity index (χ0n) is 9.05. The minimum atomic E-state index is -2.01. The van der Waals surface area contributed by atoms with Gasteiger partial charge >= 0.3 is 87.9 Å². The molecule has 2 rings (SSSR count). The summed E-state index contributed by atoms with van der Waals surface area (Å²) in [6.07, 6.45) is 0. The summed E-state index contributed by atoms with van der Waals surface area (Å²) in [5, 5.41) is 7.13. The molecule has 0 spiro atoms. The van der Waals surface area contributed by atoms with Crippen LogP contribution >= 0.6 is 0 Å². The van der Waals surface area contributed by atoms with Crippen molar-refractivity contribution in [1.82, 2.24) is 15.2 Å². The fourth-order valence-electron chi connectivity index (χ4n) is 1.44. The molecule has 0 bridgehead atoms. The summed E-state index contributed by atoms with van der Waals surface area (Å²) in [4.78, 5) is 11.8. The van der Waals surface area contributed by atoms with Crippen molar-refractivity contribution < 1.29 is 0 Å². The van der Waals surface area contributed by atoms with Crippen LogP contribution in [0.2, 0.25) is 14.8 Å². The van der Waals surface area contributed by atoms with Crippen LogP contribution in [0.1, 0.15) is 5.69 Å². The zero-order valence-corrected chi connectivity index (χ0v) is 11.9. The SMILES string of the molecule is Cc1n[nH]c2cc[c]([Sn]([CH3])([CH3])[CH3])nc12. The molecule has 2 heterocycles. The monoisotopic (exact) mass is 297 g/mol. The molecule has 0 amide bonds. The van der Waals surface area contributed by atoms with Crippen LogP contribution in [-0.4, -0.2) is 33.6 Å². The summed E-state index contributed by atoms with van der Waals surface area (Å²) in [6.45, 7) is 1.99. The predicted octanol–water partition coefficient (Wildman–Crippen LogP) is 1.81. The number of hydrogen-bond acceptors (Lipinski definition) is 2. The van der Waals surface area contributed by atoms with Crippen LogP contribution in [-0.2, 0) is 0 Å². The van der Waals surface area contributed by atoms with Crippen LogP contribution in [0.4, 0.5) is 0 Å². The number of fused-ring (bicyclic) bond motifs is 1. The molecule has 0 aliphatic heterocycles. The van der Waals surface area contributed by atoms with Gasteiger partial charge in [-0.2, -0.15) is 0 Å². The van der Waals surface area contributed by atoms with E-state index in [1.807, 2.05) is 6.92 Å². The van der Waals surface area contributed by atoms with E-state index in [0.29, 0.717) is 0 Å². The molecule has 0 fully saturated rings. The Morgan fingerprint density at radius 2 is 1.93 bits per heavy atom. The summed E-state index contributed by atoms with van der Waals surface area (Å²) in [5.74, 6) is 0. The molecule has 0 unspecified atom stereocenters. The Bertz CT molecular complexity index is 468. The van der Waals surface area contributed by atoms with Crippen molar-refractivity contribution in [3.8, 4) is 0 Å². The average Bonchev–Trinajstić information content (AvgIpc) is 2.46. The van der Waals surface area contributed by atoms with Gasteiger partial charge in [-0.25, -0.2) is 0 Å². The van der Waals surface area contributed by atoms with E-state index in [-0.39, 0.29) is 0 Å². The van der Waals surface area contributed by atoms with Gasteiger partial charge in [-0.3, -0.25) is 0 Å². The first-order valence-corrected chi connectivity index (χ1v) is 14.8. The number of nitrogens with zero attached hydrogens (tertiary/aromatic N) is 2. The second-order valence-corrected chi connectivity index (χ2v) is 19.0. The molecule has 0 atom stereocenters. The van der Waals surface area contributed by atoms with Crippen molar-refractivity contribution in [3.05, 3.63) is 17.8 Å². The summed E-state index contributed by atoms with van der Waals surface area (Å²) in [7, 11) is 0. The van der Waals surface area contributed by atoms with E-state index >= 15 is 0 Å². The summed E-state index contributed by atoms with van der Waals surface area (Å²) < 4.78 is 1.32. The molecule has 74 valence electrons. The van der Waals surface area contributed by atoms with Crippen LogP contribution in [0.25, 0.3) is 11.0 Å². The van der Waals surface area contributed by atoms with E-state index in [4.69, 9.17) is 4.98 Å². The summed E-state index contributed by atoms with van der Waals surface area (Å²) >= 11 is -2.01. The van der Waals surface area contributed by atoms with E-state index in [2.05, 4.69) is 37.1 Å². The second kappa shape index (κ2) is 3.22. The van der Waals surface area contributed by atoms with Gasteiger partial charge < -0.3 is 0 Å². The molecular weight excluding hydrogens is 281 g/mol. The van der Waals surface area contributed by atoms with Crippen molar-refractivity contribution in [1.29, 1.82) is 0 Å². The zero-order chi connectivity index (χ0) is 10.3. The van der Waals surface area contributed by atoms with Gasteiger partial charge in [-0.15, -0.1) is 0 Å². The van der Waals surface area contributed by atoms with E-state index in [1.54, 1.807) is 0 Å². The van der Waals surface area contributed by atoms with Crippen molar-refractivity contribution in [3.63, 3.8) is 0 Å². The Kier molecular flexibility index (Phi) is 2.29. The first kappa shape index (κ1) is 9.95. The molecule has 4 heteroatoms. The molecular formula is C10H15N3Sn. The van der Waals surface area contributed by atoms with Gasteiger partial charge in [0.1, 0.15) is 0 Å². The standard InChI is InChI=1S/C7H6N3.3CH3.Sn/c1-5-7-6(10-9-5)3-2-4-8-7;;;;/h2-3H,1H3,(H,9,10);3*1H3;. The third kappa shape index (κ3) is 1.65. The van der Waals surface area contributed by atoms with Gasteiger partial charge in [-0.05, 0) is 0 Å². The fraction of sp³-hybridized carbons (Fsp3) is 0.400. The molecule has 2 aromatic heterocycles. The number of H-pyrrole nitrogens is 1. The molecule has 0 saturated heterocycles. The molecule has 0 aromatic carbocycles. The Labute approximate surface area is 87.8 Å². The van der Waals surface area contributed by atoms with Gasteiger partial charge in [-0.1, -0.05) is 0 Å². The van der Waals surface area contributed by atoms with Crippen molar-refractivity contribution in [2.75, 3.05) is 0 Å². The van der Waals surface area contributed by atoms with Crippen molar-refractivity contribution >= 4 is 33.1 Å². The number of rotatable bonds is 1. The van der Waals surface area contributed by atoms with E-state index in [0.717, 1.165) is 16.7 Å². The Balaban J connectivity index is 2.66. The van der Waals surface area contributed by atoms with Crippen LogP contribution in [0.15, 0.2) is 12.1 Å². The van der Waals surface area contributed by atoms with Gasteiger partial charge in [0.25, 0.3) is 0 Å². The van der Waals surface area contributed by atoms with Crippen LogP contribution < -0.4 is 3.71 Å². The number of aromatic nitrogens is 3. The van der Waals surface area contributed by atoms with E-state index < -0.39 is 18.4 Å². The Morgan fingerprint density at radius 3 is 2.57 bits per heavy atom. The molecule has 0 saturated carbocycles. The molecule has 0 radical (unpaired) electrons.